The molecule has 1 aliphatic heterocycles. The summed E-state index contributed by atoms with van der Waals surface area (Å²) in [5.74, 6) is -0.436. The Morgan fingerprint density at radius 1 is 1.42 bits per heavy atom. The molecule has 7 nitrogen and oxygen atoms in total. The first-order valence-corrected chi connectivity index (χ1v) is 7.95. The Hall–Kier alpha value is -1.96. The van der Waals surface area contributed by atoms with Gasteiger partial charge in [-0.25, -0.2) is 0 Å². The van der Waals surface area contributed by atoms with Crippen molar-refractivity contribution >= 4 is 11.8 Å². The molecule has 2 atom stereocenters. The second kappa shape index (κ2) is 8.77. The summed E-state index contributed by atoms with van der Waals surface area (Å²) >= 11 is 0. The summed E-state index contributed by atoms with van der Waals surface area (Å²) in [7, 11) is 1.69. The molecule has 7 heteroatoms. The molecule has 2 rings (SSSR count). The van der Waals surface area contributed by atoms with Crippen molar-refractivity contribution in [2.75, 3.05) is 40.0 Å². The number of hydrogen-bond donors (Lipinski definition) is 2. The lowest BCUT2D eigenvalue weighted by Crippen LogP contribution is -2.53. The number of ether oxygens (including phenoxy) is 2. The van der Waals surface area contributed by atoms with Crippen LogP contribution in [0, 0.1) is 6.92 Å². The standard InChI is InChI=1S/C17H24N2O5/c1-12-5-3-4-6-13(12)15-16(24-11-14(21)19(15)2)17(22)18-7-9-23-10-8-20/h3-6,15-16,20H,7-11H2,1-2H3,(H,18,22)/t15-,16+/m1/s1. The number of rotatable bonds is 7. The largest absolute Gasteiger partial charge is 0.394 e. The van der Waals surface area contributed by atoms with Crippen molar-refractivity contribution in [3.8, 4) is 0 Å². The topological polar surface area (TPSA) is 88.1 Å². The fourth-order valence-electron chi connectivity index (χ4n) is 2.74. The number of nitrogens with zero attached hydrogens (tertiary/aromatic N) is 1. The highest BCUT2D eigenvalue weighted by Gasteiger charge is 2.40. The number of morpholine rings is 1. The lowest BCUT2D eigenvalue weighted by Gasteiger charge is -2.38. The number of benzene rings is 1. The van der Waals surface area contributed by atoms with E-state index in [0.717, 1.165) is 11.1 Å². The molecule has 1 aromatic rings. The minimum absolute atomic E-state index is 0.0536. The van der Waals surface area contributed by atoms with Gasteiger partial charge in [-0.2, -0.15) is 0 Å². The van der Waals surface area contributed by atoms with E-state index in [1.807, 2.05) is 31.2 Å². The number of likely N-dealkylation sites (N-methyl/N-ethyl adjacent to an activating group) is 1. The molecule has 1 aliphatic rings. The maximum absolute atomic E-state index is 12.5. The summed E-state index contributed by atoms with van der Waals surface area (Å²) in [6.07, 6.45) is -0.772. The van der Waals surface area contributed by atoms with Crippen LogP contribution in [0.2, 0.25) is 0 Å². The summed E-state index contributed by atoms with van der Waals surface area (Å²) < 4.78 is 10.7. The van der Waals surface area contributed by atoms with E-state index in [2.05, 4.69) is 5.32 Å². The van der Waals surface area contributed by atoms with Gasteiger partial charge in [0.2, 0.25) is 5.91 Å². The van der Waals surface area contributed by atoms with Crippen molar-refractivity contribution in [3.63, 3.8) is 0 Å². The fourth-order valence-corrected chi connectivity index (χ4v) is 2.74. The molecule has 0 aliphatic carbocycles. The molecule has 24 heavy (non-hydrogen) atoms. The third kappa shape index (κ3) is 4.31. The first kappa shape index (κ1) is 18.4. The molecular formula is C17H24N2O5. The fraction of sp³-hybridized carbons (Fsp3) is 0.529. The molecule has 132 valence electrons. The summed E-state index contributed by atoms with van der Waals surface area (Å²) in [6.45, 7) is 2.64. The Morgan fingerprint density at radius 2 is 2.17 bits per heavy atom. The van der Waals surface area contributed by atoms with E-state index in [-0.39, 0.29) is 31.6 Å². The van der Waals surface area contributed by atoms with E-state index in [9.17, 15) is 9.59 Å². The van der Waals surface area contributed by atoms with Crippen LogP contribution in [0.4, 0.5) is 0 Å². The zero-order valence-electron chi connectivity index (χ0n) is 14.0. The first-order chi connectivity index (χ1) is 11.6. The molecule has 0 unspecified atom stereocenters. The van der Waals surface area contributed by atoms with Crippen molar-refractivity contribution < 1.29 is 24.2 Å². The average Bonchev–Trinajstić information content (AvgIpc) is 2.57. The van der Waals surface area contributed by atoms with Crippen molar-refractivity contribution in [2.24, 2.45) is 0 Å². The molecule has 1 aromatic carbocycles. The van der Waals surface area contributed by atoms with E-state index >= 15 is 0 Å². The number of hydrogen-bond acceptors (Lipinski definition) is 5. The van der Waals surface area contributed by atoms with Crippen LogP contribution in [-0.2, 0) is 19.1 Å². The summed E-state index contributed by atoms with van der Waals surface area (Å²) in [6, 6.07) is 7.18. The Morgan fingerprint density at radius 3 is 2.88 bits per heavy atom. The van der Waals surface area contributed by atoms with E-state index in [1.165, 1.54) is 0 Å². The molecule has 0 saturated carbocycles. The zero-order chi connectivity index (χ0) is 17.5. The van der Waals surface area contributed by atoms with Gasteiger partial charge in [-0.3, -0.25) is 9.59 Å². The van der Waals surface area contributed by atoms with Crippen molar-refractivity contribution in [2.45, 2.75) is 19.1 Å². The zero-order valence-corrected chi connectivity index (χ0v) is 14.0. The van der Waals surface area contributed by atoms with Gasteiger partial charge in [0.25, 0.3) is 5.91 Å². The lowest BCUT2D eigenvalue weighted by atomic mass is 9.94. The van der Waals surface area contributed by atoms with E-state index < -0.39 is 12.1 Å². The number of nitrogens with one attached hydrogen (secondary N) is 1. The Balaban J connectivity index is 2.09. The van der Waals surface area contributed by atoms with Crippen LogP contribution in [0.15, 0.2) is 24.3 Å². The molecule has 1 heterocycles. The third-order valence-electron chi connectivity index (χ3n) is 4.03. The van der Waals surface area contributed by atoms with Gasteiger partial charge in [0, 0.05) is 13.6 Å². The third-order valence-corrected chi connectivity index (χ3v) is 4.03. The molecule has 0 aromatic heterocycles. The van der Waals surface area contributed by atoms with Crippen LogP contribution in [0.3, 0.4) is 0 Å². The number of carbonyl (C=O) groups is 2. The minimum Gasteiger partial charge on any atom is -0.394 e. The maximum atomic E-state index is 12.5. The highest BCUT2D eigenvalue weighted by Crippen LogP contribution is 2.31. The molecule has 2 amide bonds. The van der Waals surface area contributed by atoms with Crippen LogP contribution in [-0.4, -0.2) is 67.9 Å². The predicted octanol–water partition coefficient (Wildman–Crippen LogP) is 0.0184. The van der Waals surface area contributed by atoms with Crippen LogP contribution >= 0.6 is 0 Å². The Labute approximate surface area is 141 Å². The Kier molecular flexibility index (Phi) is 6.72. The van der Waals surface area contributed by atoms with Gasteiger partial charge in [-0.05, 0) is 18.1 Å². The summed E-state index contributed by atoms with van der Waals surface area (Å²) in [5, 5.41) is 11.4. The highest BCUT2D eigenvalue weighted by atomic mass is 16.5. The number of aliphatic hydroxyl groups excluding tert-OH is 1. The minimum atomic E-state index is -0.772. The molecule has 2 N–H and O–H groups in total. The second-order valence-corrected chi connectivity index (χ2v) is 5.66. The number of aryl methyl sites for hydroxylation is 1. The van der Waals surface area contributed by atoms with Gasteiger partial charge in [-0.1, -0.05) is 24.3 Å². The summed E-state index contributed by atoms with van der Waals surface area (Å²) in [4.78, 5) is 26.1. The number of carbonyl (C=O) groups excluding carboxylic acids is 2. The monoisotopic (exact) mass is 336 g/mol. The van der Waals surface area contributed by atoms with Gasteiger partial charge in [0.05, 0.1) is 25.9 Å². The summed E-state index contributed by atoms with van der Waals surface area (Å²) in [5.41, 5.74) is 1.89. The molecule has 0 bridgehead atoms. The van der Waals surface area contributed by atoms with E-state index in [4.69, 9.17) is 14.6 Å². The van der Waals surface area contributed by atoms with Crippen molar-refractivity contribution in [3.05, 3.63) is 35.4 Å². The Bertz CT molecular complexity index is 578. The number of amides is 2. The maximum Gasteiger partial charge on any atom is 0.251 e. The van der Waals surface area contributed by atoms with Crippen LogP contribution in [0.25, 0.3) is 0 Å². The van der Waals surface area contributed by atoms with Gasteiger partial charge >= 0.3 is 0 Å². The van der Waals surface area contributed by atoms with Gasteiger partial charge in [0.1, 0.15) is 6.61 Å². The second-order valence-electron chi connectivity index (χ2n) is 5.66. The SMILES string of the molecule is Cc1ccccc1[C@@H]1[C@@H](C(=O)NCCOCCO)OCC(=O)N1C. The van der Waals surface area contributed by atoms with E-state index in [0.29, 0.717) is 13.2 Å². The van der Waals surface area contributed by atoms with Gasteiger partial charge in [-0.15, -0.1) is 0 Å². The quantitative estimate of drug-likeness (QED) is 0.685. The average molecular weight is 336 g/mol. The smallest absolute Gasteiger partial charge is 0.251 e. The van der Waals surface area contributed by atoms with Crippen LogP contribution in [0.1, 0.15) is 17.2 Å². The van der Waals surface area contributed by atoms with Gasteiger partial charge in [0.15, 0.2) is 6.10 Å². The van der Waals surface area contributed by atoms with Gasteiger partial charge < -0.3 is 24.8 Å². The first-order valence-electron chi connectivity index (χ1n) is 7.95. The number of aliphatic hydroxyl groups is 1. The normalized spacial score (nSPS) is 21.0. The molecule has 1 fully saturated rings. The molecule has 0 radical (unpaired) electrons. The van der Waals surface area contributed by atoms with Crippen LogP contribution in [0.5, 0.6) is 0 Å². The van der Waals surface area contributed by atoms with Crippen molar-refractivity contribution in [1.29, 1.82) is 0 Å². The lowest BCUT2D eigenvalue weighted by molar-refractivity contribution is -0.162. The van der Waals surface area contributed by atoms with Crippen molar-refractivity contribution in [1.82, 2.24) is 10.2 Å². The molecular weight excluding hydrogens is 312 g/mol. The van der Waals surface area contributed by atoms with Crippen LogP contribution < -0.4 is 5.32 Å². The van der Waals surface area contributed by atoms with E-state index in [1.54, 1.807) is 11.9 Å². The predicted molar refractivity (Wildman–Crippen MR) is 87.3 cm³/mol. The molecule has 1 saturated heterocycles. The molecule has 0 spiro atoms. The highest BCUT2D eigenvalue weighted by molar-refractivity contribution is 5.86.